The molecule has 6 heteroatoms. The molecule has 5 nitrogen and oxygen atoms in total. The van der Waals surface area contributed by atoms with Crippen molar-refractivity contribution in [3.05, 3.63) is 16.5 Å². The second kappa shape index (κ2) is 8.79. The first-order valence-electron chi connectivity index (χ1n) is 7.30. The molecule has 0 aliphatic carbocycles. The van der Waals surface area contributed by atoms with E-state index in [1.807, 2.05) is 20.8 Å². The van der Waals surface area contributed by atoms with E-state index in [1.165, 1.54) is 11.3 Å². The van der Waals surface area contributed by atoms with Gasteiger partial charge in [0.15, 0.2) is 0 Å². The fourth-order valence-corrected chi connectivity index (χ4v) is 2.73. The highest BCUT2D eigenvalue weighted by Gasteiger charge is 2.18. The van der Waals surface area contributed by atoms with Gasteiger partial charge in [0.1, 0.15) is 5.00 Å². The van der Waals surface area contributed by atoms with Crippen molar-refractivity contribution >= 4 is 28.2 Å². The van der Waals surface area contributed by atoms with Crippen molar-refractivity contribution in [2.45, 2.75) is 46.6 Å². The molecule has 0 saturated heterocycles. The van der Waals surface area contributed by atoms with Gasteiger partial charge in [-0.05, 0) is 19.4 Å². The first kappa shape index (κ1) is 17.7. The van der Waals surface area contributed by atoms with E-state index in [4.69, 9.17) is 4.74 Å². The van der Waals surface area contributed by atoms with Gasteiger partial charge in [-0.25, -0.2) is 4.79 Å². The second-order valence-corrected chi connectivity index (χ2v) is 6.07. The number of carbonyl (C=O) groups excluding carboxylic acids is 2. The van der Waals surface area contributed by atoms with Crippen LogP contribution in [0.1, 0.15) is 49.4 Å². The number of hydrogen-bond acceptors (Lipinski definition) is 5. The van der Waals surface area contributed by atoms with Crippen LogP contribution in [0.15, 0.2) is 6.07 Å². The molecule has 0 aliphatic heterocycles. The molecular formula is C15H24N2O3S. The molecule has 0 aliphatic rings. The summed E-state index contributed by atoms with van der Waals surface area (Å²) in [6, 6.07) is 2.14. The van der Waals surface area contributed by atoms with Gasteiger partial charge >= 0.3 is 5.97 Å². The van der Waals surface area contributed by atoms with E-state index >= 15 is 0 Å². The van der Waals surface area contributed by atoms with Crippen LogP contribution in [-0.2, 0) is 16.0 Å². The minimum absolute atomic E-state index is 0.0989. The van der Waals surface area contributed by atoms with Crippen LogP contribution in [0.2, 0.25) is 0 Å². The Labute approximate surface area is 130 Å². The molecular weight excluding hydrogens is 288 g/mol. The summed E-state index contributed by atoms with van der Waals surface area (Å²) in [5, 5.41) is 6.59. The molecule has 0 unspecified atom stereocenters. The summed E-state index contributed by atoms with van der Waals surface area (Å²) in [6.07, 6.45) is 1.20. The smallest absolute Gasteiger partial charge is 0.341 e. The average molecular weight is 312 g/mol. The fourth-order valence-electron chi connectivity index (χ4n) is 1.73. The fraction of sp³-hybridized carbons (Fsp3) is 0.600. The van der Waals surface area contributed by atoms with Gasteiger partial charge in [-0.2, -0.15) is 0 Å². The molecule has 0 aromatic carbocycles. The highest BCUT2D eigenvalue weighted by Crippen LogP contribution is 2.29. The summed E-state index contributed by atoms with van der Waals surface area (Å²) in [6.45, 7) is 8.78. The zero-order valence-corrected chi connectivity index (χ0v) is 13.9. The van der Waals surface area contributed by atoms with E-state index in [0.29, 0.717) is 36.2 Å². The summed E-state index contributed by atoms with van der Waals surface area (Å²) in [5.74, 6) is -0.484. The maximum absolute atomic E-state index is 11.9. The van der Waals surface area contributed by atoms with E-state index in [1.54, 1.807) is 13.0 Å². The van der Waals surface area contributed by atoms with Gasteiger partial charge < -0.3 is 15.4 Å². The molecule has 2 N–H and O–H groups in total. The number of esters is 1. The van der Waals surface area contributed by atoms with Gasteiger partial charge in [0.25, 0.3) is 0 Å². The lowest BCUT2D eigenvalue weighted by atomic mass is 10.2. The molecule has 0 fully saturated rings. The van der Waals surface area contributed by atoms with Crippen LogP contribution in [0.25, 0.3) is 0 Å². The number of ether oxygens (including phenoxy) is 1. The summed E-state index contributed by atoms with van der Waals surface area (Å²) in [7, 11) is 0. The first-order valence-corrected chi connectivity index (χ1v) is 8.12. The quantitative estimate of drug-likeness (QED) is 0.724. The Kier molecular flexibility index (Phi) is 7.39. The van der Waals surface area contributed by atoms with E-state index in [0.717, 1.165) is 11.3 Å². The van der Waals surface area contributed by atoms with Crippen LogP contribution in [0, 0.1) is 0 Å². The van der Waals surface area contributed by atoms with Gasteiger partial charge in [-0.3, -0.25) is 4.79 Å². The summed E-state index contributed by atoms with van der Waals surface area (Å²) in [4.78, 5) is 24.9. The van der Waals surface area contributed by atoms with Crippen molar-refractivity contribution in [1.82, 2.24) is 5.32 Å². The molecule has 1 aromatic rings. The Morgan fingerprint density at radius 2 is 2.05 bits per heavy atom. The number of hydrogen-bond donors (Lipinski definition) is 2. The third-order valence-corrected chi connectivity index (χ3v) is 3.98. The standard InChI is InChI=1S/C15H24N2O3S/c1-5-11-9-12(15(19)20-6-2)14(21-11)17-13(18)7-8-16-10(3)4/h9-10,16H,5-8H2,1-4H3,(H,17,18). The van der Waals surface area contributed by atoms with Crippen LogP contribution in [0.3, 0.4) is 0 Å². The monoisotopic (exact) mass is 312 g/mol. The highest BCUT2D eigenvalue weighted by atomic mass is 32.1. The predicted molar refractivity (Wildman–Crippen MR) is 86.0 cm³/mol. The Balaban J connectivity index is 2.70. The molecule has 0 atom stereocenters. The Morgan fingerprint density at radius 1 is 1.33 bits per heavy atom. The Morgan fingerprint density at radius 3 is 2.62 bits per heavy atom. The largest absolute Gasteiger partial charge is 0.462 e. The lowest BCUT2D eigenvalue weighted by molar-refractivity contribution is -0.116. The van der Waals surface area contributed by atoms with Crippen molar-refractivity contribution in [3.8, 4) is 0 Å². The first-order chi connectivity index (χ1) is 9.97. The number of amides is 1. The molecule has 118 valence electrons. The Hall–Kier alpha value is -1.40. The number of anilines is 1. The maximum Gasteiger partial charge on any atom is 0.341 e. The lowest BCUT2D eigenvalue weighted by Gasteiger charge is -2.08. The van der Waals surface area contributed by atoms with E-state index < -0.39 is 0 Å². The van der Waals surface area contributed by atoms with Crippen molar-refractivity contribution < 1.29 is 14.3 Å². The summed E-state index contributed by atoms with van der Waals surface area (Å²) >= 11 is 1.43. The number of carbonyl (C=O) groups is 2. The molecule has 1 amide bonds. The number of rotatable bonds is 8. The van der Waals surface area contributed by atoms with E-state index in [2.05, 4.69) is 10.6 Å². The van der Waals surface area contributed by atoms with E-state index in [9.17, 15) is 9.59 Å². The molecule has 1 aromatic heterocycles. The van der Waals surface area contributed by atoms with Crippen LogP contribution in [-0.4, -0.2) is 31.1 Å². The molecule has 1 heterocycles. The van der Waals surface area contributed by atoms with Crippen molar-refractivity contribution in [3.63, 3.8) is 0 Å². The minimum atomic E-state index is -0.385. The number of aryl methyl sites for hydroxylation is 1. The SMILES string of the molecule is CCOC(=O)c1cc(CC)sc1NC(=O)CCNC(C)C. The van der Waals surface area contributed by atoms with Crippen LogP contribution >= 0.6 is 11.3 Å². The highest BCUT2D eigenvalue weighted by molar-refractivity contribution is 7.16. The van der Waals surface area contributed by atoms with Gasteiger partial charge in [0, 0.05) is 23.9 Å². The summed E-state index contributed by atoms with van der Waals surface area (Å²) in [5.41, 5.74) is 0.448. The summed E-state index contributed by atoms with van der Waals surface area (Å²) < 4.78 is 5.02. The van der Waals surface area contributed by atoms with Gasteiger partial charge in [-0.1, -0.05) is 20.8 Å². The average Bonchev–Trinajstić information content (AvgIpc) is 2.81. The van der Waals surface area contributed by atoms with E-state index in [-0.39, 0.29) is 11.9 Å². The van der Waals surface area contributed by atoms with Gasteiger partial charge in [0.2, 0.25) is 5.91 Å². The second-order valence-electron chi connectivity index (χ2n) is 4.94. The zero-order valence-electron chi connectivity index (χ0n) is 13.1. The molecule has 21 heavy (non-hydrogen) atoms. The van der Waals surface area contributed by atoms with Crippen molar-refractivity contribution in [2.24, 2.45) is 0 Å². The third kappa shape index (κ3) is 5.85. The molecule has 0 bridgehead atoms. The number of thiophene rings is 1. The third-order valence-electron chi connectivity index (χ3n) is 2.78. The van der Waals surface area contributed by atoms with Gasteiger partial charge in [-0.15, -0.1) is 11.3 Å². The maximum atomic E-state index is 11.9. The lowest BCUT2D eigenvalue weighted by Crippen LogP contribution is -2.27. The molecule has 0 radical (unpaired) electrons. The predicted octanol–water partition coefficient (Wildman–Crippen LogP) is 2.81. The van der Waals surface area contributed by atoms with Crippen LogP contribution < -0.4 is 10.6 Å². The van der Waals surface area contributed by atoms with Crippen LogP contribution in [0.5, 0.6) is 0 Å². The molecule has 0 spiro atoms. The Bertz CT molecular complexity index is 483. The van der Waals surface area contributed by atoms with Crippen molar-refractivity contribution in [1.29, 1.82) is 0 Å². The molecule has 1 rings (SSSR count). The zero-order chi connectivity index (χ0) is 15.8. The van der Waals surface area contributed by atoms with Gasteiger partial charge in [0.05, 0.1) is 12.2 Å². The number of nitrogens with one attached hydrogen (secondary N) is 2. The van der Waals surface area contributed by atoms with Crippen molar-refractivity contribution in [2.75, 3.05) is 18.5 Å². The minimum Gasteiger partial charge on any atom is -0.462 e. The molecule has 0 saturated carbocycles. The normalized spacial score (nSPS) is 10.7. The van der Waals surface area contributed by atoms with Crippen LogP contribution in [0.4, 0.5) is 5.00 Å². The topological polar surface area (TPSA) is 67.4 Å².